The van der Waals surface area contributed by atoms with Gasteiger partial charge in [-0.05, 0) is 6.42 Å². The molecule has 1 aromatic rings. The zero-order valence-corrected chi connectivity index (χ0v) is 12.1. The van der Waals surface area contributed by atoms with Crippen molar-refractivity contribution in [3.63, 3.8) is 0 Å². The summed E-state index contributed by atoms with van der Waals surface area (Å²) in [5.74, 6) is 0.548. The number of nitrogen functional groups attached to an aromatic ring is 1. The van der Waals surface area contributed by atoms with Crippen LogP contribution in [-0.2, 0) is 16.0 Å². The van der Waals surface area contributed by atoms with Crippen LogP contribution in [-0.4, -0.2) is 49.2 Å². The standard InChI is InChI=1S/C13H22N4O3/c1-3-4-5-17-11(14)10(13(18)19-2)12(15-17)16-6-8-20-9-7-16/h3-9,14H2,1-2H3. The molecule has 0 amide bonds. The van der Waals surface area contributed by atoms with E-state index in [1.54, 1.807) is 4.68 Å². The summed E-state index contributed by atoms with van der Waals surface area (Å²) in [5.41, 5.74) is 6.44. The number of rotatable bonds is 5. The molecule has 1 fully saturated rings. The van der Waals surface area contributed by atoms with Crippen LogP contribution in [0.3, 0.4) is 0 Å². The molecule has 112 valence electrons. The SMILES string of the molecule is CCCCn1nc(N2CCOCC2)c(C(=O)OC)c1N. The molecule has 0 bridgehead atoms. The smallest absolute Gasteiger partial charge is 0.345 e. The number of nitrogens with zero attached hydrogens (tertiary/aromatic N) is 3. The van der Waals surface area contributed by atoms with Gasteiger partial charge in [-0.15, -0.1) is 0 Å². The highest BCUT2D eigenvalue weighted by Crippen LogP contribution is 2.27. The summed E-state index contributed by atoms with van der Waals surface area (Å²) < 4.78 is 11.9. The lowest BCUT2D eigenvalue weighted by molar-refractivity contribution is 0.0601. The number of carbonyl (C=O) groups is 1. The molecule has 0 aromatic carbocycles. The van der Waals surface area contributed by atoms with Gasteiger partial charge in [0.25, 0.3) is 0 Å². The quantitative estimate of drug-likeness (QED) is 0.808. The second-order valence-corrected chi connectivity index (χ2v) is 4.75. The van der Waals surface area contributed by atoms with Gasteiger partial charge in [0.15, 0.2) is 5.82 Å². The maximum atomic E-state index is 12.0. The fourth-order valence-corrected chi connectivity index (χ4v) is 2.23. The van der Waals surface area contributed by atoms with Crippen molar-refractivity contribution in [3.8, 4) is 0 Å². The van der Waals surface area contributed by atoms with Crippen molar-refractivity contribution < 1.29 is 14.3 Å². The molecule has 0 aliphatic carbocycles. The van der Waals surface area contributed by atoms with Crippen molar-refractivity contribution in [1.29, 1.82) is 0 Å². The molecule has 2 N–H and O–H groups in total. The first-order chi connectivity index (χ1) is 9.69. The van der Waals surface area contributed by atoms with E-state index in [0.717, 1.165) is 12.8 Å². The molecular weight excluding hydrogens is 260 g/mol. The molecule has 0 atom stereocenters. The molecule has 0 unspecified atom stereocenters. The lowest BCUT2D eigenvalue weighted by atomic mass is 10.2. The number of hydrogen-bond donors (Lipinski definition) is 1. The fourth-order valence-electron chi connectivity index (χ4n) is 2.23. The van der Waals surface area contributed by atoms with E-state index in [9.17, 15) is 4.79 Å². The van der Waals surface area contributed by atoms with Crippen molar-refractivity contribution in [2.24, 2.45) is 0 Å². The number of unbranched alkanes of at least 4 members (excludes halogenated alkanes) is 1. The Hall–Kier alpha value is -1.76. The zero-order valence-electron chi connectivity index (χ0n) is 12.1. The van der Waals surface area contributed by atoms with Gasteiger partial charge in [0.1, 0.15) is 11.4 Å². The number of hydrogen-bond acceptors (Lipinski definition) is 6. The molecule has 2 rings (SSSR count). The Morgan fingerprint density at radius 2 is 2.15 bits per heavy atom. The summed E-state index contributed by atoms with van der Waals surface area (Å²) in [4.78, 5) is 14.0. The minimum Gasteiger partial charge on any atom is -0.465 e. The van der Waals surface area contributed by atoms with E-state index in [4.69, 9.17) is 15.2 Å². The third-order valence-electron chi connectivity index (χ3n) is 3.40. The Labute approximate surface area is 118 Å². The Morgan fingerprint density at radius 3 is 2.75 bits per heavy atom. The van der Waals surface area contributed by atoms with Gasteiger partial charge in [-0.25, -0.2) is 9.48 Å². The van der Waals surface area contributed by atoms with Gasteiger partial charge in [-0.1, -0.05) is 13.3 Å². The third-order valence-corrected chi connectivity index (χ3v) is 3.40. The topological polar surface area (TPSA) is 82.6 Å². The van der Waals surface area contributed by atoms with Crippen LogP contribution < -0.4 is 10.6 Å². The van der Waals surface area contributed by atoms with Crippen LogP contribution in [0.1, 0.15) is 30.1 Å². The van der Waals surface area contributed by atoms with Crippen LogP contribution in [0.25, 0.3) is 0 Å². The van der Waals surface area contributed by atoms with Crippen LogP contribution in [0.15, 0.2) is 0 Å². The average molecular weight is 282 g/mol. The van der Waals surface area contributed by atoms with Gasteiger partial charge in [-0.3, -0.25) is 0 Å². The van der Waals surface area contributed by atoms with Crippen molar-refractivity contribution in [1.82, 2.24) is 9.78 Å². The molecule has 1 aliphatic rings. The molecule has 2 heterocycles. The molecule has 1 saturated heterocycles. The van der Waals surface area contributed by atoms with Gasteiger partial charge in [-0.2, -0.15) is 5.10 Å². The summed E-state index contributed by atoms with van der Waals surface area (Å²) >= 11 is 0. The molecular formula is C13H22N4O3. The van der Waals surface area contributed by atoms with Crippen LogP contribution in [0, 0.1) is 0 Å². The van der Waals surface area contributed by atoms with E-state index in [2.05, 4.69) is 12.0 Å². The molecule has 7 nitrogen and oxygen atoms in total. The van der Waals surface area contributed by atoms with Gasteiger partial charge >= 0.3 is 5.97 Å². The predicted molar refractivity (Wildman–Crippen MR) is 75.9 cm³/mol. The lowest BCUT2D eigenvalue weighted by Crippen LogP contribution is -2.37. The molecule has 0 spiro atoms. The second-order valence-electron chi connectivity index (χ2n) is 4.75. The van der Waals surface area contributed by atoms with Crippen LogP contribution in [0.2, 0.25) is 0 Å². The van der Waals surface area contributed by atoms with Crippen LogP contribution >= 0.6 is 0 Å². The van der Waals surface area contributed by atoms with Crippen molar-refractivity contribution in [2.45, 2.75) is 26.3 Å². The van der Waals surface area contributed by atoms with Gasteiger partial charge in [0.2, 0.25) is 0 Å². The number of anilines is 2. The second kappa shape index (κ2) is 6.60. The average Bonchev–Trinajstić information content (AvgIpc) is 2.82. The molecule has 20 heavy (non-hydrogen) atoms. The molecule has 1 aliphatic heterocycles. The van der Waals surface area contributed by atoms with E-state index < -0.39 is 5.97 Å². The molecule has 7 heteroatoms. The Bertz CT molecular complexity index is 466. The largest absolute Gasteiger partial charge is 0.465 e. The first kappa shape index (κ1) is 14.6. The molecule has 1 aromatic heterocycles. The number of ether oxygens (including phenoxy) is 2. The van der Waals surface area contributed by atoms with Crippen LogP contribution in [0.4, 0.5) is 11.6 Å². The summed E-state index contributed by atoms with van der Waals surface area (Å²) in [7, 11) is 1.36. The maximum absolute atomic E-state index is 12.0. The minimum atomic E-state index is -0.438. The summed E-state index contributed by atoms with van der Waals surface area (Å²) in [6.45, 7) is 5.47. The van der Waals surface area contributed by atoms with Crippen LogP contribution in [0.5, 0.6) is 0 Å². The van der Waals surface area contributed by atoms with E-state index in [1.807, 2.05) is 4.90 Å². The molecule has 0 radical (unpaired) electrons. The predicted octanol–water partition coefficient (Wildman–Crippen LogP) is 0.889. The first-order valence-electron chi connectivity index (χ1n) is 6.96. The van der Waals surface area contributed by atoms with Crippen molar-refractivity contribution in [3.05, 3.63) is 5.56 Å². The highest BCUT2D eigenvalue weighted by Gasteiger charge is 2.27. The zero-order chi connectivity index (χ0) is 14.5. The third kappa shape index (κ3) is 2.87. The van der Waals surface area contributed by atoms with E-state index in [1.165, 1.54) is 7.11 Å². The normalized spacial score (nSPS) is 15.4. The highest BCUT2D eigenvalue weighted by molar-refractivity contribution is 5.99. The van der Waals surface area contributed by atoms with Gasteiger partial charge in [0.05, 0.1) is 20.3 Å². The van der Waals surface area contributed by atoms with E-state index in [0.29, 0.717) is 50.0 Å². The Balaban J connectivity index is 2.34. The van der Waals surface area contributed by atoms with Gasteiger partial charge in [0, 0.05) is 19.6 Å². The number of aromatic nitrogens is 2. The van der Waals surface area contributed by atoms with Crippen molar-refractivity contribution in [2.75, 3.05) is 44.0 Å². The maximum Gasteiger partial charge on any atom is 0.345 e. The Morgan fingerprint density at radius 1 is 1.45 bits per heavy atom. The first-order valence-corrected chi connectivity index (χ1v) is 6.96. The highest BCUT2D eigenvalue weighted by atomic mass is 16.5. The lowest BCUT2D eigenvalue weighted by Gasteiger charge is -2.27. The Kier molecular flexibility index (Phi) is 4.84. The van der Waals surface area contributed by atoms with Crippen molar-refractivity contribution >= 4 is 17.6 Å². The summed E-state index contributed by atoms with van der Waals surface area (Å²) in [6, 6.07) is 0. The van der Waals surface area contributed by atoms with E-state index >= 15 is 0 Å². The number of nitrogens with two attached hydrogens (primary N) is 1. The summed E-state index contributed by atoms with van der Waals surface area (Å²) in [5, 5.41) is 4.50. The van der Waals surface area contributed by atoms with Gasteiger partial charge < -0.3 is 20.1 Å². The monoisotopic (exact) mass is 282 g/mol. The number of morpholine rings is 1. The number of methoxy groups -OCH3 is 1. The number of esters is 1. The fraction of sp³-hybridized carbons (Fsp3) is 0.692. The van der Waals surface area contributed by atoms with E-state index in [-0.39, 0.29) is 0 Å². The number of carbonyl (C=O) groups excluding carboxylic acids is 1. The molecule has 0 saturated carbocycles. The summed E-state index contributed by atoms with van der Waals surface area (Å²) in [6.07, 6.45) is 2.01. The minimum absolute atomic E-state index is 0.366. The number of aryl methyl sites for hydroxylation is 1.